The van der Waals surface area contributed by atoms with Crippen molar-refractivity contribution >= 4 is 26.5 Å². The van der Waals surface area contributed by atoms with Gasteiger partial charge in [-0.05, 0) is 23.9 Å². The van der Waals surface area contributed by atoms with E-state index in [0.717, 1.165) is 10.8 Å². The van der Waals surface area contributed by atoms with Gasteiger partial charge in [-0.3, -0.25) is 4.31 Å². The van der Waals surface area contributed by atoms with Crippen LogP contribution in [0.3, 0.4) is 0 Å². The van der Waals surface area contributed by atoms with Crippen molar-refractivity contribution in [1.82, 2.24) is 0 Å². The summed E-state index contributed by atoms with van der Waals surface area (Å²) in [7, 11) is -3.53. The van der Waals surface area contributed by atoms with Gasteiger partial charge in [-0.1, -0.05) is 31.2 Å². The van der Waals surface area contributed by atoms with Crippen molar-refractivity contribution < 1.29 is 13.5 Å². The second kappa shape index (κ2) is 4.21. The Morgan fingerprint density at radius 1 is 1.21 bits per heavy atom. The van der Waals surface area contributed by atoms with Crippen LogP contribution in [0.25, 0.3) is 10.8 Å². The Kier molecular flexibility index (Phi) is 2.76. The van der Waals surface area contributed by atoms with Crippen LogP contribution in [0.2, 0.25) is 0 Å². The SMILES string of the molecule is CC[C@@H](O)CN1c2cccc3cccc(c23)S1(=O)=O. The van der Waals surface area contributed by atoms with Gasteiger partial charge < -0.3 is 5.11 Å². The van der Waals surface area contributed by atoms with E-state index in [9.17, 15) is 13.5 Å². The van der Waals surface area contributed by atoms with E-state index in [-0.39, 0.29) is 6.54 Å². The summed E-state index contributed by atoms with van der Waals surface area (Å²) in [6.45, 7) is 1.94. The van der Waals surface area contributed by atoms with Crippen LogP contribution in [0.15, 0.2) is 41.3 Å². The first-order chi connectivity index (χ1) is 9.05. The Bertz CT molecular complexity index is 734. The van der Waals surface area contributed by atoms with Crippen LogP contribution in [-0.2, 0) is 10.0 Å². The summed E-state index contributed by atoms with van der Waals surface area (Å²) in [6, 6.07) is 10.8. The van der Waals surface area contributed by atoms with E-state index in [1.165, 1.54) is 4.31 Å². The third-order valence-corrected chi connectivity index (χ3v) is 5.35. The van der Waals surface area contributed by atoms with Crippen LogP contribution >= 0.6 is 0 Å². The van der Waals surface area contributed by atoms with Gasteiger partial charge in [-0.2, -0.15) is 0 Å². The Morgan fingerprint density at radius 3 is 2.58 bits per heavy atom. The molecule has 100 valence electrons. The smallest absolute Gasteiger partial charge is 0.265 e. The van der Waals surface area contributed by atoms with Crippen LogP contribution in [0.4, 0.5) is 5.69 Å². The van der Waals surface area contributed by atoms with Gasteiger partial charge in [0.2, 0.25) is 0 Å². The molecule has 4 nitrogen and oxygen atoms in total. The average Bonchev–Trinajstić information content (AvgIpc) is 2.62. The van der Waals surface area contributed by atoms with Gasteiger partial charge in [0.1, 0.15) is 0 Å². The third kappa shape index (κ3) is 1.73. The number of aliphatic hydroxyl groups excluding tert-OH is 1. The number of β-amino-alcohol motifs (C(OH)–C–C–N with tert-alkyl or cyclic N) is 1. The first-order valence-electron chi connectivity index (χ1n) is 6.28. The van der Waals surface area contributed by atoms with E-state index >= 15 is 0 Å². The fourth-order valence-electron chi connectivity index (χ4n) is 2.48. The Labute approximate surface area is 112 Å². The molecule has 0 saturated carbocycles. The van der Waals surface area contributed by atoms with Crippen molar-refractivity contribution in [3.8, 4) is 0 Å². The van der Waals surface area contributed by atoms with Crippen LogP contribution in [-0.4, -0.2) is 26.2 Å². The van der Waals surface area contributed by atoms with Crippen molar-refractivity contribution in [1.29, 1.82) is 0 Å². The zero-order valence-corrected chi connectivity index (χ0v) is 11.4. The van der Waals surface area contributed by atoms with Crippen molar-refractivity contribution in [3.63, 3.8) is 0 Å². The molecule has 0 fully saturated rings. The molecule has 2 aromatic carbocycles. The van der Waals surface area contributed by atoms with E-state index in [2.05, 4.69) is 0 Å². The summed E-state index contributed by atoms with van der Waals surface area (Å²) in [5.74, 6) is 0. The first-order valence-corrected chi connectivity index (χ1v) is 7.72. The van der Waals surface area contributed by atoms with E-state index in [0.29, 0.717) is 17.0 Å². The highest BCUT2D eigenvalue weighted by Crippen LogP contribution is 2.41. The van der Waals surface area contributed by atoms with E-state index in [1.807, 2.05) is 25.1 Å². The fourth-order valence-corrected chi connectivity index (χ4v) is 4.22. The standard InChI is InChI=1S/C14H15NO3S/c1-2-11(16)9-15-12-7-3-5-10-6-4-8-13(14(10)12)19(15,17)18/h3-8,11,16H,2,9H2,1H3/t11-/m1/s1. The molecule has 0 saturated heterocycles. The normalized spacial score (nSPS) is 17.9. The number of benzene rings is 2. The number of aliphatic hydroxyl groups is 1. The molecule has 19 heavy (non-hydrogen) atoms. The molecule has 0 radical (unpaired) electrons. The predicted molar refractivity (Wildman–Crippen MR) is 74.8 cm³/mol. The van der Waals surface area contributed by atoms with Crippen LogP contribution in [0, 0.1) is 0 Å². The summed E-state index contributed by atoms with van der Waals surface area (Å²) >= 11 is 0. The maximum atomic E-state index is 12.5. The molecule has 1 N–H and O–H groups in total. The van der Waals surface area contributed by atoms with Crippen molar-refractivity contribution in [2.24, 2.45) is 0 Å². The van der Waals surface area contributed by atoms with Gasteiger partial charge in [0.25, 0.3) is 10.0 Å². The van der Waals surface area contributed by atoms with Crippen molar-refractivity contribution in [3.05, 3.63) is 36.4 Å². The fraction of sp³-hybridized carbons (Fsp3) is 0.286. The number of nitrogens with zero attached hydrogens (tertiary/aromatic N) is 1. The quantitative estimate of drug-likeness (QED) is 0.935. The molecule has 0 aromatic heterocycles. The lowest BCUT2D eigenvalue weighted by Crippen LogP contribution is -2.34. The van der Waals surface area contributed by atoms with E-state index in [1.54, 1.807) is 18.2 Å². The zero-order valence-electron chi connectivity index (χ0n) is 10.6. The molecule has 1 heterocycles. The minimum absolute atomic E-state index is 0.104. The zero-order chi connectivity index (χ0) is 13.6. The molecule has 1 atom stereocenters. The maximum Gasteiger partial charge on any atom is 0.265 e. The Balaban J connectivity index is 2.24. The minimum Gasteiger partial charge on any atom is -0.391 e. The number of sulfonamides is 1. The predicted octanol–water partition coefficient (Wildman–Crippen LogP) is 2.12. The molecule has 0 amide bonds. The molecule has 0 unspecified atom stereocenters. The van der Waals surface area contributed by atoms with Gasteiger partial charge in [0, 0.05) is 5.39 Å². The Morgan fingerprint density at radius 2 is 1.89 bits per heavy atom. The average molecular weight is 277 g/mol. The second-order valence-electron chi connectivity index (χ2n) is 4.73. The number of anilines is 1. The lowest BCUT2D eigenvalue weighted by molar-refractivity contribution is 0.180. The largest absolute Gasteiger partial charge is 0.391 e. The molecule has 0 spiro atoms. The monoisotopic (exact) mass is 277 g/mol. The lowest BCUT2D eigenvalue weighted by Gasteiger charge is -2.21. The summed E-state index contributed by atoms with van der Waals surface area (Å²) in [4.78, 5) is 0.337. The highest BCUT2D eigenvalue weighted by atomic mass is 32.2. The number of hydrogen-bond acceptors (Lipinski definition) is 3. The van der Waals surface area contributed by atoms with E-state index in [4.69, 9.17) is 0 Å². The molecule has 1 aliphatic rings. The molecule has 5 heteroatoms. The molecule has 2 aromatic rings. The number of rotatable bonds is 3. The van der Waals surface area contributed by atoms with Gasteiger partial charge in [0.15, 0.2) is 0 Å². The lowest BCUT2D eigenvalue weighted by atomic mass is 10.1. The maximum absolute atomic E-state index is 12.5. The number of hydrogen-bond donors (Lipinski definition) is 1. The molecule has 0 aliphatic carbocycles. The highest BCUT2D eigenvalue weighted by Gasteiger charge is 2.36. The molecule has 3 rings (SSSR count). The highest BCUT2D eigenvalue weighted by molar-refractivity contribution is 7.93. The molecule has 0 bridgehead atoms. The summed E-state index contributed by atoms with van der Waals surface area (Å²) in [6.07, 6.45) is -0.127. The summed E-state index contributed by atoms with van der Waals surface area (Å²) in [5, 5.41) is 11.4. The summed E-state index contributed by atoms with van der Waals surface area (Å²) in [5.41, 5.74) is 0.667. The minimum atomic E-state index is -3.53. The van der Waals surface area contributed by atoms with Crippen LogP contribution in [0.5, 0.6) is 0 Å². The van der Waals surface area contributed by atoms with Crippen molar-refractivity contribution in [2.75, 3.05) is 10.8 Å². The topological polar surface area (TPSA) is 57.6 Å². The van der Waals surface area contributed by atoms with Gasteiger partial charge in [-0.25, -0.2) is 8.42 Å². The Hall–Kier alpha value is -1.59. The third-order valence-electron chi connectivity index (χ3n) is 3.53. The van der Waals surface area contributed by atoms with Crippen molar-refractivity contribution in [2.45, 2.75) is 24.3 Å². The van der Waals surface area contributed by atoms with Crippen LogP contribution in [0.1, 0.15) is 13.3 Å². The van der Waals surface area contributed by atoms with Crippen LogP contribution < -0.4 is 4.31 Å². The second-order valence-corrected chi connectivity index (χ2v) is 6.56. The molecular weight excluding hydrogens is 262 g/mol. The van der Waals surface area contributed by atoms with E-state index < -0.39 is 16.1 Å². The molecule has 1 aliphatic heterocycles. The van der Waals surface area contributed by atoms with Gasteiger partial charge in [-0.15, -0.1) is 0 Å². The first kappa shape index (κ1) is 12.4. The van der Waals surface area contributed by atoms with Gasteiger partial charge in [0.05, 0.1) is 23.2 Å². The molecular formula is C14H15NO3S. The van der Waals surface area contributed by atoms with Gasteiger partial charge >= 0.3 is 0 Å². The summed E-state index contributed by atoms with van der Waals surface area (Å²) < 4.78 is 26.4.